The molecule has 0 atom stereocenters. The Balaban J connectivity index is 2.62. The molecule has 0 radical (unpaired) electrons. The predicted octanol–water partition coefficient (Wildman–Crippen LogP) is 3.43. The van der Waals surface area contributed by atoms with Crippen LogP contribution < -0.4 is 5.32 Å². The van der Waals surface area contributed by atoms with E-state index in [2.05, 4.69) is 12.2 Å². The molecule has 4 nitrogen and oxygen atoms in total. The van der Waals surface area contributed by atoms with Gasteiger partial charge in [-0.05, 0) is 24.6 Å². The Morgan fingerprint density at radius 3 is 2.63 bits per heavy atom. The van der Waals surface area contributed by atoms with Gasteiger partial charge in [0.1, 0.15) is 5.82 Å². The van der Waals surface area contributed by atoms with Gasteiger partial charge in [-0.2, -0.15) is 0 Å². The maximum atomic E-state index is 13.1. The number of carboxylic acid groups (broad SMARTS) is 1. The summed E-state index contributed by atoms with van der Waals surface area (Å²) in [4.78, 5) is 22.6. The van der Waals surface area contributed by atoms with Crippen LogP contribution in [-0.2, 0) is 4.79 Å². The van der Waals surface area contributed by atoms with Crippen LogP contribution in [0.1, 0.15) is 49.4 Å². The van der Waals surface area contributed by atoms with Gasteiger partial charge >= 0.3 is 5.97 Å². The van der Waals surface area contributed by atoms with Gasteiger partial charge in [-0.1, -0.05) is 26.2 Å². The molecule has 0 unspecified atom stereocenters. The molecule has 0 bridgehead atoms. The summed E-state index contributed by atoms with van der Waals surface area (Å²) in [6.45, 7) is 2.08. The van der Waals surface area contributed by atoms with Crippen LogP contribution in [0.5, 0.6) is 0 Å². The SMILES string of the molecule is CCCCCCC(=O)Nc1cc(F)ccc1C(=O)O. The number of halogens is 1. The molecule has 0 spiro atoms. The number of amides is 1. The summed E-state index contributed by atoms with van der Waals surface area (Å²) in [7, 11) is 0. The summed E-state index contributed by atoms with van der Waals surface area (Å²) in [6, 6.07) is 3.22. The molecule has 1 aromatic rings. The van der Waals surface area contributed by atoms with Gasteiger partial charge in [0.2, 0.25) is 5.91 Å². The van der Waals surface area contributed by atoms with Crippen molar-refractivity contribution in [3.05, 3.63) is 29.6 Å². The fourth-order valence-corrected chi connectivity index (χ4v) is 1.73. The third-order valence-corrected chi connectivity index (χ3v) is 2.74. The first-order chi connectivity index (χ1) is 9.04. The summed E-state index contributed by atoms with van der Waals surface area (Å²) >= 11 is 0. The topological polar surface area (TPSA) is 66.4 Å². The zero-order valence-electron chi connectivity index (χ0n) is 10.9. The van der Waals surface area contributed by atoms with Gasteiger partial charge < -0.3 is 10.4 Å². The predicted molar refractivity (Wildman–Crippen MR) is 70.7 cm³/mol. The minimum atomic E-state index is -1.19. The Hall–Kier alpha value is -1.91. The molecule has 0 aliphatic carbocycles. The fourth-order valence-electron chi connectivity index (χ4n) is 1.73. The van der Waals surface area contributed by atoms with E-state index in [0.29, 0.717) is 6.42 Å². The monoisotopic (exact) mass is 267 g/mol. The molecule has 104 valence electrons. The molecule has 1 amide bonds. The third-order valence-electron chi connectivity index (χ3n) is 2.74. The molecule has 0 aliphatic rings. The average molecular weight is 267 g/mol. The van der Waals surface area contributed by atoms with E-state index in [4.69, 9.17) is 5.11 Å². The maximum Gasteiger partial charge on any atom is 0.337 e. The van der Waals surface area contributed by atoms with Crippen molar-refractivity contribution in [2.24, 2.45) is 0 Å². The lowest BCUT2D eigenvalue weighted by molar-refractivity contribution is -0.116. The highest BCUT2D eigenvalue weighted by Gasteiger charge is 2.13. The van der Waals surface area contributed by atoms with E-state index in [9.17, 15) is 14.0 Å². The summed E-state index contributed by atoms with van der Waals surface area (Å²) in [5.41, 5.74) is -0.101. The number of benzene rings is 1. The Morgan fingerprint density at radius 1 is 1.26 bits per heavy atom. The molecule has 0 fully saturated rings. The van der Waals surface area contributed by atoms with E-state index >= 15 is 0 Å². The highest BCUT2D eigenvalue weighted by atomic mass is 19.1. The molecule has 1 aromatic carbocycles. The first-order valence-corrected chi connectivity index (χ1v) is 6.37. The second kappa shape index (κ2) is 7.51. The minimum absolute atomic E-state index is 0.00740. The summed E-state index contributed by atoms with van der Waals surface area (Å²) < 4.78 is 13.1. The summed E-state index contributed by atoms with van der Waals surface area (Å²) in [5.74, 6) is -2.06. The number of aromatic carboxylic acids is 1. The first kappa shape index (κ1) is 15.1. The smallest absolute Gasteiger partial charge is 0.337 e. The molecule has 1 rings (SSSR count). The van der Waals surface area contributed by atoms with Crippen molar-refractivity contribution in [3.8, 4) is 0 Å². The Morgan fingerprint density at radius 2 is 2.00 bits per heavy atom. The standard InChI is InChI=1S/C14H18FNO3/c1-2-3-4-5-6-13(17)16-12-9-10(15)7-8-11(12)14(18)19/h7-9H,2-6H2,1H3,(H,16,17)(H,18,19). The molecule has 0 heterocycles. The molecule has 19 heavy (non-hydrogen) atoms. The van der Waals surface area contributed by atoms with Crippen LogP contribution in [0.4, 0.5) is 10.1 Å². The van der Waals surface area contributed by atoms with Gasteiger partial charge in [0.15, 0.2) is 0 Å². The highest BCUT2D eigenvalue weighted by Crippen LogP contribution is 2.18. The van der Waals surface area contributed by atoms with Crippen molar-refractivity contribution in [2.75, 3.05) is 5.32 Å². The summed E-state index contributed by atoms with van der Waals surface area (Å²) in [5, 5.41) is 11.4. The van der Waals surface area contributed by atoms with Crippen molar-refractivity contribution >= 4 is 17.6 Å². The molecule has 0 saturated heterocycles. The summed E-state index contributed by atoms with van der Waals surface area (Å²) in [6.07, 6.45) is 4.16. The number of unbranched alkanes of at least 4 members (excludes halogenated alkanes) is 3. The van der Waals surface area contributed by atoms with Crippen LogP contribution in [0.25, 0.3) is 0 Å². The van der Waals surface area contributed by atoms with Crippen LogP contribution in [0.2, 0.25) is 0 Å². The largest absolute Gasteiger partial charge is 0.478 e. The molecule has 2 N–H and O–H groups in total. The Kier molecular flexibility index (Phi) is 5.99. The Labute approximate surface area is 111 Å². The number of carboxylic acids is 1. The second-order valence-electron chi connectivity index (χ2n) is 4.35. The first-order valence-electron chi connectivity index (χ1n) is 6.37. The molecule has 0 aromatic heterocycles. The van der Waals surface area contributed by atoms with Gasteiger partial charge in [-0.3, -0.25) is 4.79 Å². The van der Waals surface area contributed by atoms with Crippen molar-refractivity contribution in [3.63, 3.8) is 0 Å². The number of nitrogens with one attached hydrogen (secondary N) is 1. The number of rotatable bonds is 7. The van der Waals surface area contributed by atoms with E-state index < -0.39 is 11.8 Å². The van der Waals surface area contributed by atoms with E-state index in [0.717, 1.165) is 43.9 Å². The number of hydrogen-bond acceptors (Lipinski definition) is 2. The fraction of sp³-hybridized carbons (Fsp3) is 0.429. The van der Waals surface area contributed by atoms with Gasteiger partial charge in [-0.15, -0.1) is 0 Å². The van der Waals surface area contributed by atoms with Gasteiger partial charge in [0.25, 0.3) is 0 Å². The van der Waals surface area contributed by atoms with E-state index in [1.807, 2.05) is 0 Å². The minimum Gasteiger partial charge on any atom is -0.478 e. The number of anilines is 1. The van der Waals surface area contributed by atoms with Crippen molar-refractivity contribution < 1.29 is 19.1 Å². The lowest BCUT2D eigenvalue weighted by Gasteiger charge is -2.08. The second-order valence-corrected chi connectivity index (χ2v) is 4.35. The van der Waals surface area contributed by atoms with Crippen molar-refractivity contribution in [1.82, 2.24) is 0 Å². The van der Waals surface area contributed by atoms with E-state index in [-0.39, 0.29) is 17.2 Å². The molecule has 0 saturated carbocycles. The van der Waals surface area contributed by atoms with E-state index in [1.165, 1.54) is 0 Å². The molecule has 0 aliphatic heterocycles. The lowest BCUT2D eigenvalue weighted by Crippen LogP contribution is -2.14. The number of carbonyl (C=O) groups is 2. The molecular weight excluding hydrogens is 249 g/mol. The van der Waals surface area contributed by atoms with Crippen LogP contribution in [0, 0.1) is 5.82 Å². The average Bonchev–Trinajstić information content (AvgIpc) is 2.34. The van der Waals surface area contributed by atoms with Crippen molar-refractivity contribution in [1.29, 1.82) is 0 Å². The van der Waals surface area contributed by atoms with Crippen LogP contribution in [0.3, 0.4) is 0 Å². The molecular formula is C14H18FNO3. The van der Waals surface area contributed by atoms with Crippen LogP contribution >= 0.6 is 0 Å². The van der Waals surface area contributed by atoms with Gasteiger partial charge in [-0.25, -0.2) is 9.18 Å². The Bertz CT molecular complexity index is 460. The van der Waals surface area contributed by atoms with Gasteiger partial charge in [0, 0.05) is 6.42 Å². The maximum absolute atomic E-state index is 13.1. The lowest BCUT2D eigenvalue weighted by atomic mass is 10.1. The third kappa shape index (κ3) is 5.07. The van der Waals surface area contributed by atoms with Gasteiger partial charge in [0.05, 0.1) is 11.3 Å². The quantitative estimate of drug-likeness (QED) is 0.744. The highest BCUT2D eigenvalue weighted by molar-refractivity contribution is 6.00. The zero-order chi connectivity index (χ0) is 14.3. The number of carbonyl (C=O) groups excluding carboxylic acids is 1. The van der Waals surface area contributed by atoms with Crippen molar-refractivity contribution in [2.45, 2.75) is 39.0 Å². The van der Waals surface area contributed by atoms with Crippen LogP contribution in [0.15, 0.2) is 18.2 Å². The number of hydrogen-bond donors (Lipinski definition) is 2. The molecule has 5 heteroatoms. The van der Waals surface area contributed by atoms with E-state index in [1.54, 1.807) is 0 Å². The zero-order valence-corrected chi connectivity index (χ0v) is 10.9. The van der Waals surface area contributed by atoms with Crippen LogP contribution in [-0.4, -0.2) is 17.0 Å². The normalized spacial score (nSPS) is 10.2.